The Kier molecular flexibility index (Phi) is 3.71. The summed E-state index contributed by atoms with van der Waals surface area (Å²) in [6.07, 6.45) is 4.61. The minimum absolute atomic E-state index is 0.145. The molecule has 3 atom stereocenters. The summed E-state index contributed by atoms with van der Waals surface area (Å²) in [5, 5.41) is 8.27. The summed E-state index contributed by atoms with van der Waals surface area (Å²) in [6.45, 7) is 0. The number of rotatable bonds is 3. The molecule has 2 fully saturated rings. The lowest BCUT2D eigenvalue weighted by Crippen LogP contribution is -2.38. The Morgan fingerprint density at radius 3 is 2.57 bits per heavy atom. The van der Waals surface area contributed by atoms with Gasteiger partial charge in [-0.25, -0.2) is 13.6 Å². The molecule has 3 N–H and O–H groups in total. The number of nitrogens with two attached hydrogens (primary N) is 1. The molecular weight excluding hydrogens is 312 g/mol. The molecule has 1 amide bonds. The Labute approximate surface area is 128 Å². The van der Waals surface area contributed by atoms with E-state index in [1.54, 1.807) is 0 Å². The van der Waals surface area contributed by atoms with Crippen LogP contribution in [0, 0.1) is 11.8 Å². The van der Waals surface area contributed by atoms with Gasteiger partial charge in [-0.2, -0.15) is 0 Å². The van der Waals surface area contributed by atoms with E-state index in [2.05, 4.69) is 5.32 Å². The van der Waals surface area contributed by atoms with Gasteiger partial charge in [0, 0.05) is 16.6 Å². The van der Waals surface area contributed by atoms with Crippen LogP contribution < -0.4 is 10.5 Å². The predicted molar refractivity (Wildman–Crippen MR) is 79.5 cm³/mol. The van der Waals surface area contributed by atoms with E-state index in [-0.39, 0.29) is 27.4 Å². The quantitative estimate of drug-likeness (QED) is 0.888. The van der Waals surface area contributed by atoms with Crippen molar-refractivity contribution in [1.82, 2.24) is 5.32 Å². The first-order valence-corrected chi connectivity index (χ1v) is 8.89. The Bertz CT molecular complexity index is 689. The molecule has 0 heterocycles. The van der Waals surface area contributed by atoms with Crippen LogP contribution in [0.15, 0.2) is 23.1 Å². The minimum atomic E-state index is -3.88. The van der Waals surface area contributed by atoms with E-state index >= 15 is 0 Å². The molecule has 2 aliphatic rings. The maximum Gasteiger partial charge on any atom is 0.251 e. The van der Waals surface area contributed by atoms with Gasteiger partial charge in [0.05, 0.1) is 4.90 Å². The van der Waals surface area contributed by atoms with Crippen LogP contribution in [0.5, 0.6) is 0 Å². The molecule has 21 heavy (non-hydrogen) atoms. The number of carbonyl (C=O) groups is 1. The van der Waals surface area contributed by atoms with Crippen molar-refractivity contribution in [2.75, 3.05) is 0 Å². The molecule has 114 valence electrons. The summed E-state index contributed by atoms with van der Waals surface area (Å²) in [6, 6.07) is 4.15. The summed E-state index contributed by atoms with van der Waals surface area (Å²) in [4.78, 5) is 12.2. The Hall–Kier alpha value is -1.11. The number of carbonyl (C=O) groups excluding carboxylic acids is 1. The number of hydrogen-bond donors (Lipinski definition) is 2. The highest BCUT2D eigenvalue weighted by Gasteiger charge is 2.40. The van der Waals surface area contributed by atoms with Gasteiger partial charge in [0.2, 0.25) is 10.0 Å². The third-order valence-corrected chi connectivity index (χ3v) is 5.63. The van der Waals surface area contributed by atoms with Gasteiger partial charge in [0.15, 0.2) is 0 Å². The van der Waals surface area contributed by atoms with Crippen molar-refractivity contribution < 1.29 is 13.2 Å². The van der Waals surface area contributed by atoms with Gasteiger partial charge in [-0.15, -0.1) is 0 Å². The van der Waals surface area contributed by atoms with Crippen molar-refractivity contribution in [2.24, 2.45) is 17.0 Å². The zero-order valence-electron chi connectivity index (χ0n) is 11.4. The van der Waals surface area contributed by atoms with Crippen molar-refractivity contribution in [3.8, 4) is 0 Å². The smallest absolute Gasteiger partial charge is 0.251 e. The number of primary sulfonamides is 1. The summed E-state index contributed by atoms with van der Waals surface area (Å²) >= 11 is 5.88. The molecule has 2 bridgehead atoms. The van der Waals surface area contributed by atoms with Gasteiger partial charge in [-0.3, -0.25) is 4.79 Å². The first-order valence-electron chi connectivity index (χ1n) is 6.97. The van der Waals surface area contributed by atoms with Crippen molar-refractivity contribution in [3.05, 3.63) is 28.8 Å². The molecule has 3 rings (SSSR count). The first kappa shape index (κ1) is 14.8. The van der Waals surface area contributed by atoms with Crippen LogP contribution in [-0.2, 0) is 10.0 Å². The zero-order chi connectivity index (χ0) is 15.2. The molecule has 7 heteroatoms. The van der Waals surface area contributed by atoms with Gasteiger partial charge >= 0.3 is 0 Å². The average molecular weight is 329 g/mol. The second-order valence-electron chi connectivity index (χ2n) is 5.98. The van der Waals surface area contributed by atoms with Crippen molar-refractivity contribution in [2.45, 2.75) is 36.6 Å². The SMILES string of the molecule is NS(=O)(=O)c1cc(Cl)cc(C(=O)NC2CC3CCC2C3)c1. The maximum atomic E-state index is 12.3. The summed E-state index contributed by atoms with van der Waals surface area (Å²) in [5.74, 6) is 0.982. The van der Waals surface area contributed by atoms with Crippen LogP contribution in [-0.4, -0.2) is 20.4 Å². The fraction of sp³-hybridized carbons (Fsp3) is 0.500. The standard InChI is InChI=1S/C14H17ClN2O3S/c15-11-5-10(6-12(7-11)21(16,19)20)14(18)17-13-4-8-1-2-9(13)3-8/h5-9,13H,1-4H2,(H,17,18)(H2,16,19,20). The predicted octanol–water partition coefficient (Wildman–Crippen LogP) is 1.91. The fourth-order valence-electron chi connectivity index (χ4n) is 3.53. The van der Waals surface area contributed by atoms with Crippen LogP contribution in [0.1, 0.15) is 36.0 Å². The lowest BCUT2D eigenvalue weighted by atomic mass is 9.95. The maximum absolute atomic E-state index is 12.3. The second-order valence-corrected chi connectivity index (χ2v) is 7.97. The number of nitrogens with one attached hydrogen (secondary N) is 1. The van der Waals surface area contributed by atoms with E-state index in [1.807, 2.05) is 0 Å². The number of sulfonamides is 1. The summed E-state index contributed by atoms with van der Waals surface area (Å²) < 4.78 is 22.8. The van der Waals surface area contributed by atoms with Crippen LogP contribution in [0.2, 0.25) is 5.02 Å². The van der Waals surface area contributed by atoms with E-state index in [9.17, 15) is 13.2 Å². The van der Waals surface area contributed by atoms with E-state index in [0.717, 1.165) is 18.8 Å². The molecular formula is C14H17ClN2O3S. The van der Waals surface area contributed by atoms with Crippen molar-refractivity contribution in [3.63, 3.8) is 0 Å². The van der Waals surface area contributed by atoms with Gasteiger partial charge in [0.25, 0.3) is 5.91 Å². The zero-order valence-corrected chi connectivity index (χ0v) is 13.0. The van der Waals surface area contributed by atoms with Gasteiger partial charge in [-0.05, 0) is 49.3 Å². The molecule has 0 aliphatic heterocycles. The fourth-order valence-corrected chi connectivity index (χ4v) is 4.41. The number of amides is 1. The monoisotopic (exact) mass is 328 g/mol. The van der Waals surface area contributed by atoms with Crippen LogP contribution >= 0.6 is 11.6 Å². The number of halogens is 1. The molecule has 2 aliphatic carbocycles. The average Bonchev–Trinajstić information content (AvgIpc) is 2.99. The minimum Gasteiger partial charge on any atom is -0.349 e. The molecule has 0 spiro atoms. The number of hydrogen-bond acceptors (Lipinski definition) is 3. The highest BCUT2D eigenvalue weighted by molar-refractivity contribution is 7.89. The van der Waals surface area contributed by atoms with Crippen molar-refractivity contribution in [1.29, 1.82) is 0 Å². The number of benzene rings is 1. The lowest BCUT2D eigenvalue weighted by molar-refractivity contribution is 0.0922. The molecule has 1 aromatic carbocycles. The third kappa shape index (κ3) is 3.07. The topological polar surface area (TPSA) is 89.3 Å². The molecule has 1 aromatic rings. The molecule has 3 unspecified atom stereocenters. The summed E-state index contributed by atoms with van der Waals surface area (Å²) in [5.41, 5.74) is 0.231. The van der Waals surface area contributed by atoms with Crippen LogP contribution in [0.25, 0.3) is 0 Å². The molecule has 0 aromatic heterocycles. The Morgan fingerprint density at radius 2 is 2.00 bits per heavy atom. The first-order chi connectivity index (χ1) is 9.83. The van der Waals surface area contributed by atoms with Crippen LogP contribution in [0.4, 0.5) is 0 Å². The third-order valence-electron chi connectivity index (χ3n) is 4.52. The Morgan fingerprint density at radius 1 is 1.24 bits per heavy atom. The van der Waals surface area contributed by atoms with Crippen LogP contribution in [0.3, 0.4) is 0 Å². The Balaban J connectivity index is 1.80. The van der Waals surface area contributed by atoms with Crippen molar-refractivity contribution >= 4 is 27.5 Å². The van der Waals surface area contributed by atoms with E-state index in [4.69, 9.17) is 16.7 Å². The molecule has 0 saturated heterocycles. The largest absolute Gasteiger partial charge is 0.349 e. The van der Waals surface area contributed by atoms with Gasteiger partial charge in [0.1, 0.15) is 0 Å². The normalized spacial score (nSPS) is 27.8. The highest BCUT2D eigenvalue weighted by Crippen LogP contribution is 2.44. The molecule has 0 radical (unpaired) electrons. The van der Waals surface area contributed by atoms with Gasteiger partial charge < -0.3 is 5.32 Å². The molecule has 2 saturated carbocycles. The number of fused-ring (bicyclic) bond motifs is 2. The van der Waals surface area contributed by atoms with Gasteiger partial charge in [-0.1, -0.05) is 18.0 Å². The second kappa shape index (κ2) is 5.26. The van der Waals surface area contributed by atoms with E-state index in [1.165, 1.54) is 31.0 Å². The van der Waals surface area contributed by atoms with E-state index in [0.29, 0.717) is 5.92 Å². The highest BCUT2D eigenvalue weighted by atomic mass is 35.5. The lowest BCUT2D eigenvalue weighted by Gasteiger charge is -2.23. The summed E-state index contributed by atoms with van der Waals surface area (Å²) in [7, 11) is -3.88. The molecule has 5 nitrogen and oxygen atoms in total. The van der Waals surface area contributed by atoms with E-state index < -0.39 is 10.0 Å².